The van der Waals surface area contributed by atoms with Crippen molar-refractivity contribution in [2.75, 3.05) is 5.32 Å². The van der Waals surface area contributed by atoms with Crippen LogP contribution in [-0.4, -0.2) is 21.2 Å². The lowest BCUT2D eigenvalue weighted by atomic mass is 10.0. The monoisotopic (exact) mass is 459 g/mol. The zero-order valence-electron chi connectivity index (χ0n) is 18.2. The Morgan fingerprint density at radius 2 is 1.73 bits per heavy atom. The van der Waals surface area contributed by atoms with Crippen LogP contribution in [0.3, 0.4) is 0 Å². The number of nitrogens with one attached hydrogen (secondary N) is 1. The molecular formula is C26H22ClN3O3. The largest absolute Gasteiger partial charge is 0.337 e. The first-order valence-electron chi connectivity index (χ1n) is 10.5. The van der Waals surface area contributed by atoms with E-state index in [9.17, 15) is 14.4 Å². The zero-order valence-corrected chi connectivity index (χ0v) is 19.0. The number of nitrogens with zero attached hydrogens (tertiary/aromatic N) is 2. The second kappa shape index (κ2) is 9.38. The highest BCUT2D eigenvalue weighted by Gasteiger charge is 2.18. The Balaban J connectivity index is 1.70. The molecule has 0 aliphatic heterocycles. The molecular weight excluding hydrogens is 438 g/mol. The molecule has 1 N–H and O–H groups in total. The van der Waals surface area contributed by atoms with Crippen LogP contribution in [0.5, 0.6) is 0 Å². The molecule has 0 saturated carbocycles. The summed E-state index contributed by atoms with van der Waals surface area (Å²) < 4.78 is 1.60. The fourth-order valence-corrected chi connectivity index (χ4v) is 3.80. The van der Waals surface area contributed by atoms with Crippen LogP contribution in [0, 0.1) is 0 Å². The Hall–Kier alpha value is -3.77. The summed E-state index contributed by atoms with van der Waals surface area (Å²) in [6.07, 6.45) is 4.41. The molecule has 0 atom stereocenters. The normalized spacial score (nSPS) is 11.0. The van der Waals surface area contributed by atoms with E-state index in [4.69, 9.17) is 11.6 Å². The second-order valence-corrected chi connectivity index (χ2v) is 8.49. The fourth-order valence-electron chi connectivity index (χ4n) is 3.63. The van der Waals surface area contributed by atoms with E-state index >= 15 is 0 Å². The first kappa shape index (κ1) is 22.4. The second-order valence-electron chi connectivity index (χ2n) is 8.05. The fraction of sp³-hybridized carbons (Fsp3) is 0.154. The van der Waals surface area contributed by atoms with Gasteiger partial charge in [-0.3, -0.25) is 19.4 Å². The number of hydrogen-bond acceptors (Lipinski definition) is 4. The number of benzene rings is 2. The number of halogens is 1. The summed E-state index contributed by atoms with van der Waals surface area (Å²) >= 11 is 6.12. The van der Waals surface area contributed by atoms with E-state index in [1.165, 1.54) is 30.2 Å². The zero-order chi connectivity index (χ0) is 23.5. The Labute approximate surface area is 195 Å². The molecule has 7 heteroatoms. The average molecular weight is 460 g/mol. The molecule has 4 rings (SSSR count). The highest BCUT2D eigenvalue weighted by molar-refractivity contribution is 6.31. The number of ketones is 1. The van der Waals surface area contributed by atoms with Gasteiger partial charge >= 0.3 is 0 Å². The molecule has 4 aromatic rings. The van der Waals surface area contributed by atoms with Crippen LogP contribution in [0.2, 0.25) is 5.02 Å². The van der Waals surface area contributed by atoms with E-state index in [0.717, 1.165) is 0 Å². The van der Waals surface area contributed by atoms with Gasteiger partial charge in [0.05, 0.1) is 11.1 Å². The third-order valence-electron chi connectivity index (χ3n) is 5.40. The van der Waals surface area contributed by atoms with E-state index < -0.39 is 11.2 Å². The van der Waals surface area contributed by atoms with Crippen LogP contribution in [0.4, 0.5) is 5.69 Å². The van der Waals surface area contributed by atoms with Gasteiger partial charge in [0.2, 0.25) is 11.3 Å². The van der Waals surface area contributed by atoms with Crippen LogP contribution in [0.25, 0.3) is 10.9 Å². The van der Waals surface area contributed by atoms with Gasteiger partial charge in [0.1, 0.15) is 6.54 Å². The third-order valence-corrected chi connectivity index (χ3v) is 5.64. The predicted octanol–water partition coefficient (Wildman–Crippen LogP) is 5.04. The van der Waals surface area contributed by atoms with Crippen molar-refractivity contribution in [2.45, 2.75) is 26.3 Å². The highest BCUT2D eigenvalue weighted by Crippen LogP contribution is 2.20. The van der Waals surface area contributed by atoms with E-state index in [1.54, 1.807) is 28.8 Å². The summed E-state index contributed by atoms with van der Waals surface area (Å²) in [6, 6.07) is 15.6. The van der Waals surface area contributed by atoms with E-state index in [0.29, 0.717) is 27.7 Å². The lowest BCUT2D eigenvalue weighted by molar-refractivity contribution is -0.116. The maximum atomic E-state index is 13.1. The molecule has 2 aromatic carbocycles. The summed E-state index contributed by atoms with van der Waals surface area (Å²) in [5, 5.41) is 3.51. The van der Waals surface area contributed by atoms with Crippen LogP contribution in [0.15, 0.2) is 78.0 Å². The number of carbonyl (C=O) groups is 2. The van der Waals surface area contributed by atoms with Crippen LogP contribution in [0.1, 0.15) is 41.3 Å². The molecule has 0 saturated heterocycles. The van der Waals surface area contributed by atoms with Crippen molar-refractivity contribution in [3.05, 3.63) is 105 Å². The number of pyridine rings is 2. The standard InChI is InChI=1S/C26H22ClN3O3/c1-16(2)17-3-6-20(7-4-17)29-24(31)15-30-14-22(25(32)18-9-11-28-12-10-18)26(33)21-13-19(27)5-8-23(21)30/h3-14,16H,15H2,1-2H3,(H,29,31). The molecule has 0 unspecified atom stereocenters. The van der Waals surface area contributed by atoms with Crippen molar-refractivity contribution in [1.29, 1.82) is 0 Å². The molecule has 6 nitrogen and oxygen atoms in total. The minimum Gasteiger partial charge on any atom is -0.337 e. The summed E-state index contributed by atoms with van der Waals surface area (Å²) in [4.78, 5) is 42.9. The number of rotatable bonds is 6. The molecule has 166 valence electrons. The van der Waals surface area contributed by atoms with E-state index in [1.807, 2.05) is 24.3 Å². The smallest absolute Gasteiger partial charge is 0.244 e. The maximum absolute atomic E-state index is 13.1. The van der Waals surface area contributed by atoms with Gasteiger partial charge in [-0.2, -0.15) is 0 Å². The summed E-state index contributed by atoms with van der Waals surface area (Å²) in [7, 11) is 0. The van der Waals surface area contributed by atoms with E-state index in [-0.39, 0.29) is 23.4 Å². The van der Waals surface area contributed by atoms with Crippen molar-refractivity contribution in [1.82, 2.24) is 9.55 Å². The Bertz CT molecular complexity index is 1390. The van der Waals surface area contributed by atoms with Gasteiger partial charge in [-0.25, -0.2) is 0 Å². The van der Waals surface area contributed by atoms with Crippen LogP contribution >= 0.6 is 11.6 Å². The Kier molecular flexibility index (Phi) is 6.38. The van der Waals surface area contributed by atoms with Gasteiger partial charge in [-0.05, 0) is 53.9 Å². The van der Waals surface area contributed by atoms with Crippen molar-refractivity contribution >= 4 is 39.9 Å². The molecule has 2 heterocycles. The number of carbonyl (C=O) groups excluding carboxylic acids is 2. The molecule has 1 amide bonds. The van der Waals surface area contributed by atoms with Crippen molar-refractivity contribution in [3.8, 4) is 0 Å². The molecule has 0 aliphatic carbocycles. The van der Waals surface area contributed by atoms with Gasteiger partial charge in [-0.15, -0.1) is 0 Å². The van der Waals surface area contributed by atoms with Crippen molar-refractivity contribution in [2.24, 2.45) is 0 Å². The molecule has 33 heavy (non-hydrogen) atoms. The van der Waals surface area contributed by atoms with Gasteiger partial charge < -0.3 is 9.88 Å². The maximum Gasteiger partial charge on any atom is 0.244 e. The minimum atomic E-state index is -0.442. The van der Waals surface area contributed by atoms with Gasteiger partial charge in [0.25, 0.3) is 0 Å². The third kappa shape index (κ3) is 4.86. The topological polar surface area (TPSA) is 81.1 Å². The predicted molar refractivity (Wildman–Crippen MR) is 130 cm³/mol. The molecule has 2 aromatic heterocycles. The van der Waals surface area contributed by atoms with Crippen LogP contribution in [-0.2, 0) is 11.3 Å². The van der Waals surface area contributed by atoms with Crippen molar-refractivity contribution < 1.29 is 9.59 Å². The van der Waals surface area contributed by atoms with Gasteiger partial charge in [0, 0.05) is 40.3 Å². The quantitative estimate of drug-likeness (QED) is 0.409. The molecule has 0 radical (unpaired) electrons. The molecule has 0 aliphatic rings. The molecule has 0 bridgehead atoms. The summed E-state index contributed by atoms with van der Waals surface area (Å²) in [5.74, 6) is -0.331. The number of aromatic nitrogens is 2. The molecule has 0 spiro atoms. The van der Waals surface area contributed by atoms with Gasteiger partial charge in [-0.1, -0.05) is 37.6 Å². The number of fused-ring (bicyclic) bond motifs is 1. The van der Waals surface area contributed by atoms with Gasteiger partial charge in [0.15, 0.2) is 5.78 Å². The van der Waals surface area contributed by atoms with Crippen LogP contribution < -0.4 is 10.7 Å². The summed E-state index contributed by atoms with van der Waals surface area (Å²) in [6.45, 7) is 4.12. The number of anilines is 1. The first-order valence-corrected chi connectivity index (χ1v) is 10.9. The Morgan fingerprint density at radius 1 is 1.03 bits per heavy atom. The first-order chi connectivity index (χ1) is 15.8. The lowest BCUT2D eigenvalue weighted by Crippen LogP contribution is -2.24. The van der Waals surface area contributed by atoms with E-state index in [2.05, 4.69) is 24.1 Å². The summed E-state index contributed by atoms with van der Waals surface area (Å²) in [5.41, 5.74) is 2.23. The highest BCUT2D eigenvalue weighted by atomic mass is 35.5. The Morgan fingerprint density at radius 3 is 2.39 bits per heavy atom. The minimum absolute atomic E-state index is 0.0370. The SMILES string of the molecule is CC(C)c1ccc(NC(=O)Cn2cc(C(=O)c3ccncc3)c(=O)c3cc(Cl)ccc32)cc1. The number of hydrogen-bond donors (Lipinski definition) is 1. The number of amides is 1. The van der Waals surface area contributed by atoms with Crippen molar-refractivity contribution in [3.63, 3.8) is 0 Å². The average Bonchev–Trinajstić information content (AvgIpc) is 2.81. The molecule has 0 fully saturated rings. The lowest BCUT2D eigenvalue weighted by Gasteiger charge is -2.14.